The zero-order valence-electron chi connectivity index (χ0n) is 34.5. The summed E-state index contributed by atoms with van der Waals surface area (Å²) in [5.41, 5.74) is 6.82. The van der Waals surface area contributed by atoms with E-state index < -0.39 is 34.0 Å². The van der Waals surface area contributed by atoms with Gasteiger partial charge in [0.25, 0.3) is 0 Å². The Morgan fingerprint density at radius 1 is 0.875 bits per heavy atom. The molecule has 10 N–H and O–H groups in total. The van der Waals surface area contributed by atoms with Crippen LogP contribution in [0.4, 0.5) is 0 Å². The van der Waals surface area contributed by atoms with Gasteiger partial charge in [0.2, 0.25) is 17.2 Å². The minimum absolute atomic E-state index is 0. The van der Waals surface area contributed by atoms with Crippen molar-refractivity contribution in [3.05, 3.63) is 70.9 Å². The molecule has 2 aliphatic rings. The lowest BCUT2D eigenvalue weighted by Crippen LogP contribution is -2.41. The molecule has 0 aromatic heterocycles. The lowest BCUT2D eigenvalue weighted by Gasteiger charge is -2.51. The Morgan fingerprint density at radius 3 is 2.09 bits per heavy atom. The Balaban J connectivity index is -0.000000952. The molecule has 0 spiro atoms. The van der Waals surface area contributed by atoms with E-state index in [0.717, 1.165) is 75.2 Å². The van der Waals surface area contributed by atoms with Crippen LogP contribution in [0.5, 0.6) is 0 Å². The zero-order chi connectivity index (χ0) is 40.1. The van der Waals surface area contributed by atoms with Gasteiger partial charge < -0.3 is 40.5 Å². The smallest absolute Gasteiger partial charge is 0.575 e. The number of hydrogen-bond acceptors (Lipinski definition) is 12. The summed E-state index contributed by atoms with van der Waals surface area (Å²) in [7, 11) is -12.5. The standard InChI is InChI=1S/C19H34O6P2.C19H35O5P2.3H2O/c1-17(2)11-8-6-5-7-9-12-18(3)13-10-14-19(4)15-16-24-26(20)25-27(21,22)23;1-14(11-13-23-26(21,22)24-25-20)7-9-16-15(2)8-10-18-17(16)6-5-12-19(18,3)4;;;/h5,7,11,13,15,20H,6,8-10,12,14,16H2,1-4H3,(H2,21,22,23);11,16-18,20-22,25H,2,5-10,12-13H2,1,3-4H3;3*1H2/q;+1;;;/p-2/b7-5+,18-13+,19-15+;14-11+;;;/t;16-,17?,18+;;;/m.1.../s1. The van der Waals surface area contributed by atoms with E-state index in [1.165, 1.54) is 48.0 Å². The summed E-state index contributed by atoms with van der Waals surface area (Å²) >= 11 is 0. The van der Waals surface area contributed by atoms with Crippen LogP contribution in [0.15, 0.2) is 70.9 Å². The van der Waals surface area contributed by atoms with Crippen molar-refractivity contribution >= 4 is 34.0 Å². The van der Waals surface area contributed by atoms with Crippen LogP contribution in [0, 0.1) is 23.2 Å². The van der Waals surface area contributed by atoms with Crippen molar-refractivity contribution in [3.63, 3.8) is 0 Å². The van der Waals surface area contributed by atoms with Crippen LogP contribution in [0.3, 0.4) is 0 Å². The molecule has 2 saturated carbocycles. The molecular weight excluding hydrogens is 804 g/mol. The summed E-state index contributed by atoms with van der Waals surface area (Å²) in [6.07, 6.45) is 27.1. The summed E-state index contributed by atoms with van der Waals surface area (Å²) in [4.78, 5) is 65.8. The van der Waals surface area contributed by atoms with Gasteiger partial charge in [0.15, 0.2) is 0 Å². The fraction of sp³-hybridized carbons (Fsp3) is 0.684. The van der Waals surface area contributed by atoms with E-state index in [9.17, 15) is 19.6 Å². The number of phosphoric acid groups is 1. The molecule has 0 bridgehead atoms. The lowest BCUT2D eigenvalue weighted by atomic mass is 9.54. The molecule has 3 unspecified atom stereocenters. The molecule has 2 fully saturated rings. The van der Waals surface area contributed by atoms with Crippen LogP contribution in [-0.2, 0) is 17.7 Å². The van der Waals surface area contributed by atoms with E-state index in [2.05, 4.69) is 74.1 Å². The predicted molar refractivity (Wildman–Crippen MR) is 227 cm³/mol. The average molecular weight is 878 g/mol. The highest BCUT2D eigenvalue weighted by Crippen LogP contribution is 2.57. The SMILES string of the molecule is C=C1CC[C@H]2C(CCCC2(C)C)[C@@H]1CC/C(C)=C/CO[P+](O)(O)OPO.CC(C)=CCC/C=C/CC/C(C)=C/CC/C(C)=C/COP(O)O[P+]([O-])([O-])O.O.O.[OH-]. The van der Waals surface area contributed by atoms with Gasteiger partial charge in [0.05, 0.1) is 6.61 Å². The minimum atomic E-state index is -4.97. The summed E-state index contributed by atoms with van der Waals surface area (Å²) < 4.78 is 18.0. The predicted octanol–water partition coefficient (Wildman–Crippen LogP) is 7.88. The molecule has 0 heterocycles. The van der Waals surface area contributed by atoms with Gasteiger partial charge in [0, 0.05) is 0 Å². The topological polar surface area (TPSA) is 277 Å². The van der Waals surface area contributed by atoms with E-state index in [4.69, 9.17) is 23.7 Å². The van der Waals surface area contributed by atoms with Crippen LogP contribution < -0.4 is 9.79 Å². The quantitative estimate of drug-likeness (QED) is 0.0395. The largest absolute Gasteiger partial charge is 0.870 e. The Hall–Kier alpha value is -0.400. The fourth-order valence-corrected chi connectivity index (χ4v) is 9.06. The molecule has 14 nitrogen and oxygen atoms in total. The average Bonchev–Trinajstić information content (AvgIpc) is 3.03. The van der Waals surface area contributed by atoms with E-state index in [0.29, 0.717) is 11.3 Å². The first-order valence-electron chi connectivity index (χ1n) is 18.6. The summed E-state index contributed by atoms with van der Waals surface area (Å²) in [5, 5.41) is 0. The van der Waals surface area contributed by atoms with Gasteiger partial charge >= 0.3 is 16.8 Å². The van der Waals surface area contributed by atoms with Crippen molar-refractivity contribution in [1.29, 1.82) is 0 Å². The summed E-state index contributed by atoms with van der Waals surface area (Å²) in [6.45, 7) is 19.7. The maximum atomic E-state index is 10.4. The maximum absolute atomic E-state index is 10.4. The Morgan fingerprint density at radius 2 is 1.46 bits per heavy atom. The van der Waals surface area contributed by atoms with Crippen LogP contribution in [0.1, 0.15) is 132 Å². The third-order valence-corrected chi connectivity index (χ3v) is 13.5. The van der Waals surface area contributed by atoms with Crippen LogP contribution in [0.2, 0.25) is 0 Å². The van der Waals surface area contributed by atoms with Crippen LogP contribution in [-0.4, -0.2) is 54.1 Å². The van der Waals surface area contributed by atoms with E-state index in [-0.39, 0.29) is 29.6 Å². The maximum Gasteiger partial charge on any atom is 0.575 e. The third kappa shape index (κ3) is 28.1. The van der Waals surface area contributed by atoms with Gasteiger partial charge in [-0.15, -0.1) is 13.1 Å². The molecule has 330 valence electrons. The van der Waals surface area contributed by atoms with Gasteiger partial charge in [0.1, 0.15) is 6.61 Å². The molecule has 0 aromatic carbocycles. The second-order valence-corrected chi connectivity index (χ2v) is 19.6. The zero-order valence-corrected chi connectivity index (χ0v) is 38.2. The number of rotatable bonds is 22. The molecule has 2 aliphatic carbocycles. The van der Waals surface area contributed by atoms with E-state index in [1.807, 2.05) is 19.9 Å². The van der Waals surface area contributed by atoms with Crippen LogP contribution in [0.25, 0.3) is 0 Å². The van der Waals surface area contributed by atoms with Gasteiger partial charge in [-0.05, 0) is 135 Å². The molecule has 0 aliphatic heterocycles. The van der Waals surface area contributed by atoms with Crippen molar-refractivity contribution in [2.75, 3.05) is 13.2 Å². The number of fused-ring (bicyclic) bond motifs is 1. The first-order valence-corrected chi connectivity index (χ1v) is 23.6. The molecule has 0 amide bonds. The van der Waals surface area contributed by atoms with Gasteiger partial charge in [-0.1, -0.05) is 91.2 Å². The van der Waals surface area contributed by atoms with Crippen molar-refractivity contribution in [2.24, 2.45) is 23.2 Å². The second kappa shape index (κ2) is 31.5. The van der Waals surface area contributed by atoms with E-state index in [1.54, 1.807) is 6.08 Å². The first-order chi connectivity index (χ1) is 24.8. The number of unbranched alkanes of at least 4 members (excludes halogenated alkanes) is 1. The Labute approximate surface area is 340 Å². The second-order valence-electron chi connectivity index (χ2n) is 15.1. The van der Waals surface area contributed by atoms with Crippen molar-refractivity contribution in [2.45, 2.75) is 132 Å². The molecular formula is C38H73O14P4-. The Kier molecular flexibility index (Phi) is 33.7. The lowest BCUT2D eigenvalue weighted by molar-refractivity contribution is -0.353. The summed E-state index contributed by atoms with van der Waals surface area (Å²) in [5.74, 6) is 2.17. The number of hydrogen-bond donors (Lipinski definition) is 5. The molecule has 2 rings (SSSR count). The van der Waals surface area contributed by atoms with Crippen molar-refractivity contribution in [3.8, 4) is 0 Å². The Bertz CT molecular complexity index is 1230. The van der Waals surface area contributed by atoms with Crippen molar-refractivity contribution < 1.29 is 68.4 Å². The van der Waals surface area contributed by atoms with Crippen molar-refractivity contribution in [1.82, 2.24) is 0 Å². The van der Waals surface area contributed by atoms with Gasteiger partial charge in [-0.2, -0.15) is 9.79 Å². The normalized spacial score (nSPS) is 21.0. The molecule has 5 atom stereocenters. The molecule has 56 heavy (non-hydrogen) atoms. The highest BCUT2D eigenvalue weighted by Gasteiger charge is 2.44. The highest BCUT2D eigenvalue weighted by atomic mass is 31.3. The minimum Gasteiger partial charge on any atom is -0.870 e. The van der Waals surface area contributed by atoms with Gasteiger partial charge in [-0.3, -0.25) is 0 Å². The monoisotopic (exact) mass is 877 g/mol. The number of allylic oxidation sites excluding steroid dienone is 9. The molecule has 0 saturated heterocycles. The summed E-state index contributed by atoms with van der Waals surface area (Å²) in [6, 6.07) is 0. The fourth-order valence-electron chi connectivity index (χ4n) is 7.05. The molecule has 0 radical (unpaired) electrons. The highest BCUT2D eigenvalue weighted by molar-refractivity contribution is 7.60. The van der Waals surface area contributed by atoms with Crippen LogP contribution >= 0.6 is 34.0 Å². The third-order valence-electron chi connectivity index (χ3n) is 9.96. The first kappa shape index (κ1) is 59.9. The van der Waals surface area contributed by atoms with Gasteiger partial charge in [-0.25, -0.2) is 4.89 Å². The molecule has 0 aromatic rings. The molecule has 18 heteroatoms. The van der Waals surface area contributed by atoms with E-state index >= 15 is 0 Å².